The van der Waals surface area contributed by atoms with Crippen LogP contribution in [-0.2, 0) is 4.79 Å². The van der Waals surface area contributed by atoms with Crippen LogP contribution in [0.5, 0.6) is 0 Å². The second kappa shape index (κ2) is 6.28. The molecular weight excluding hydrogens is 200 g/mol. The Bertz CT molecular complexity index is 324. The fraction of sp³-hybridized carbons (Fsp3) is 0.462. The van der Waals surface area contributed by atoms with Crippen LogP contribution in [-0.4, -0.2) is 19.5 Å². The average molecular weight is 220 g/mol. The highest BCUT2D eigenvalue weighted by Gasteiger charge is 2.14. The molecule has 16 heavy (non-hydrogen) atoms. The molecule has 1 aromatic carbocycles. The highest BCUT2D eigenvalue weighted by Crippen LogP contribution is 2.11. The van der Waals surface area contributed by atoms with E-state index < -0.39 is 0 Å². The standard InChI is InChI=1S/C13H20N2O/c1-10(9-14-3)13(16)15-11(2)12-7-5-4-6-8-12/h4-8,10-11,14H,9H2,1-3H3,(H,15,16). The van der Waals surface area contributed by atoms with Crippen LogP contribution in [0.15, 0.2) is 30.3 Å². The second-order valence-corrected chi connectivity index (χ2v) is 4.10. The molecular formula is C13H20N2O. The van der Waals surface area contributed by atoms with Gasteiger partial charge in [0.25, 0.3) is 0 Å². The number of amides is 1. The number of hydrogen-bond donors (Lipinski definition) is 2. The molecule has 0 bridgehead atoms. The van der Waals surface area contributed by atoms with Gasteiger partial charge in [0.05, 0.1) is 6.04 Å². The molecule has 2 atom stereocenters. The number of rotatable bonds is 5. The van der Waals surface area contributed by atoms with Crippen molar-refractivity contribution in [1.29, 1.82) is 0 Å². The van der Waals surface area contributed by atoms with Crippen LogP contribution >= 0.6 is 0 Å². The van der Waals surface area contributed by atoms with E-state index in [9.17, 15) is 4.79 Å². The Morgan fingerprint density at radius 1 is 1.25 bits per heavy atom. The molecule has 0 radical (unpaired) electrons. The van der Waals surface area contributed by atoms with Crippen molar-refractivity contribution in [3.63, 3.8) is 0 Å². The maximum Gasteiger partial charge on any atom is 0.224 e. The van der Waals surface area contributed by atoms with Crippen molar-refractivity contribution in [3.8, 4) is 0 Å². The normalized spacial score (nSPS) is 14.2. The lowest BCUT2D eigenvalue weighted by atomic mass is 10.1. The average Bonchev–Trinajstić information content (AvgIpc) is 2.30. The zero-order valence-electron chi connectivity index (χ0n) is 10.2. The summed E-state index contributed by atoms with van der Waals surface area (Å²) in [5, 5.41) is 6.00. The van der Waals surface area contributed by atoms with Gasteiger partial charge in [-0.05, 0) is 19.5 Å². The molecule has 1 rings (SSSR count). The lowest BCUT2D eigenvalue weighted by Gasteiger charge is -2.17. The SMILES string of the molecule is CNCC(C)C(=O)NC(C)c1ccccc1. The Morgan fingerprint density at radius 3 is 2.44 bits per heavy atom. The third kappa shape index (κ3) is 3.66. The molecule has 0 aliphatic heterocycles. The number of benzene rings is 1. The van der Waals surface area contributed by atoms with Gasteiger partial charge in [-0.1, -0.05) is 37.3 Å². The molecule has 0 aliphatic carbocycles. The minimum atomic E-state index is -0.00355. The first kappa shape index (κ1) is 12.7. The molecule has 0 spiro atoms. The summed E-state index contributed by atoms with van der Waals surface area (Å²) in [6, 6.07) is 10.0. The summed E-state index contributed by atoms with van der Waals surface area (Å²) in [5.74, 6) is 0.0851. The molecule has 0 aromatic heterocycles. The third-order valence-corrected chi connectivity index (χ3v) is 2.62. The lowest BCUT2D eigenvalue weighted by Crippen LogP contribution is -2.35. The topological polar surface area (TPSA) is 41.1 Å². The Balaban J connectivity index is 2.51. The summed E-state index contributed by atoms with van der Waals surface area (Å²) in [6.07, 6.45) is 0. The number of hydrogen-bond acceptors (Lipinski definition) is 2. The molecule has 3 heteroatoms. The molecule has 88 valence electrons. The number of carbonyl (C=O) groups excluding carboxylic acids is 1. The summed E-state index contributed by atoms with van der Waals surface area (Å²) >= 11 is 0. The first-order valence-corrected chi connectivity index (χ1v) is 5.65. The van der Waals surface area contributed by atoms with Crippen molar-refractivity contribution in [2.45, 2.75) is 19.9 Å². The van der Waals surface area contributed by atoms with E-state index in [2.05, 4.69) is 10.6 Å². The van der Waals surface area contributed by atoms with Crippen molar-refractivity contribution in [2.75, 3.05) is 13.6 Å². The molecule has 0 aliphatic rings. The van der Waals surface area contributed by atoms with Crippen LogP contribution < -0.4 is 10.6 Å². The molecule has 0 fully saturated rings. The molecule has 0 heterocycles. The maximum absolute atomic E-state index is 11.8. The fourth-order valence-electron chi connectivity index (χ4n) is 1.58. The van der Waals surface area contributed by atoms with Gasteiger partial charge in [0.1, 0.15) is 0 Å². The summed E-state index contributed by atoms with van der Waals surface area (Å²) in [7, 11) is 1.85. The minimum absolute atomic E-state index is 0.00355. The highest BCUT2D eigenvalue weighted by molar-refractivity contribution is 5.78. The third-order valence-electron chi connectivity index (χ3n) is 2.62. The molecule has 2 unspecified atom stereocenters. The quantitative estimate of drug-likeness (QED) is 0.793. The number of nitrogens with one attached hydrogen (secondary N) is 2. The van der Waals surface area contributed by atoms with Gasteiger partial charge in [-0.3, -0.25) is 4.79 Å². The van der Waals surface area contributed by atoms with E-state index in [4.69, 9.17) is 0 Å². The molecule has 0 saturated carbocycles. The Hall–Kier alpha value is -1.35. The van der Waals surface area contributed by atoms with Crippen LogP contribution in [0.3, 0.4) is 0 Å². The van der Waals surface area contributed by atoms with Crippen LogP contribution in [0.2, 0.25) is 0 Å². The predicted octanol–water partition coefficient (Wildman–Crippen LogP) is 1.72. The van der Waals surface area contributed by atoms with Gasteiger partial charge in [-0.2, -0.15) is 0 Å². The first-order valence-electron chi connectivity index (χ1n) is 5.65. The lowest BCUT2D eigenvalue weighted by molar-refractivity contribution is -0.125. The molecule has 0 saturated heterocycles. The monoisotopic (exact) mass is 220 g/mol. The van der Waals surface area contributed by atoms with Crippen LogP contribution in [0.25, 0.3) is 0 Å². The van der Waals surface area contributed by atoms with Gasteiger partial charge in [0.15, 0.2) is 0 Å². The van der Waals surface area contributed by atoms with Gasteiger partial charge < -0.3 is 10.6 Å². The van der Waals surface area contributed by atoms with Gasteiger partial charge >= 0.3 is 0 Å². The smallest absolute Gasteiger partial charge is 0.224 e. The summed E-state index contributed by atoms with van der Waals surface area (Å²) in [5.41, 5.74) is 1.13. The van der Waals surface area contributed by atoms with Crippen molar-refractivity contribution in [1.82, 2.24) is 10.6 Å². The molecule has 2 N–H and O–H groups in total. The van der Waals surface area contributed by atoms with Gasteiger partial charge in [0.2, 0.25) is 5.91 Å². The highest BCUT2D eigenvalue weighted by atomic mass is 16.1. The van der Waals surface area contributed by atoms with Gasteiger partial charge in [0, 0.05) is 12.5 Å². The van der Waals surface area contributed by atoms with Gasteiger partial charge in [-0.15, -0.1) is 0 Å². The number of carbonyl (C=O) groups is 1. The molecule has 1 aromatic rings. The summed E-state index contributed by atoms with van der Waals surface area (Å²) < 4.78 is 0. The first-order chi connectivity index (χ1) is 7.65. The summed E-state index contributed by atoms with van der Waals surface area (Å²) in [6.45, 7) is 4.62. The van der Waals surface area contributed by atoms with E-state index in [1.807, 2.05) is 51.2 Å². The minimum Gasteiger partial charge on any atom is -0.349 e. The zero-order valence-corrected chi connectivity index (χ0v) is 10.2. The van der Waals surface area contributed by atoms with E-state index in [1.54, 1.807) is 0 Å². The second-order valence-electron chi connectivity index (χ2n) is 4.10. The van der Waals surface area contributed by atoms with Crippen LogP contribution in [0.1, 0.15) is 25.5 Å². The Morgan fingerprint density at radius 2 is 1.88 bits per heavy atom. The Labute approximate surface area is 97.2 Å². The van der Waals surface area contributed by atoms with E-state index >= 15 is 0 Å². The van der Waals surface area contributed by atoms with E-state index in [0.29, 0.717) is 6.54 Å². The van der Waals surface area contributed by atoms with E-state index in [-0.39, 0.29) is 17.9 Å². The Kier molecular flexibility index (Phi) is 4.99. The van der Waals surface area contributed by atoms with E-state index in [1.165, 1.54) is 0 Å². The largest absolute Gasteiger partial charge is 0.349 e. The van der Waals surface area contributed by atoms with Gasteiger partial charge in [-0.25, -0.2) is 0 Å². The maximum atomic E-state index is 11.8. The predicted molar refractivity (Wildman–Crippen MR) is 66.1 cm³/mol. The summed E-state index contributed by atoms with van der Waals surface area (Å²) in [4.78, 5) is 11.8. The molecule has 1 amide bonds. The van der Waals surface area contributed by atoms with Crippen molar-refractivity contribution >= 4 is 5.91 Å². The van der Waals surface area contributed by atoms with Crippen LogP contribution in [0, 0.1) is 5.92 Å². The van der Waals surface area contributed by atoms with Crippen molar-refractivity contribution in [3.05, 3.63) is 35.9 Å². The fourth-order valence-corrected chi connectivity index (χ4v) is 1.58. The zero-order chi connectivity index (χ0) is 12.0. The van der Waals surface area contributed by atoms with E-state index in [0.717, 1.165) is 5.56 Å². The molecule has 3 nitrogen and oxygen atoms in total. The van der Waals surface area contributed by atoms with Crippen molar-refractivity contribution < 1.29 is 4.79 Å². The van der Waals surface area contributed by atoms with Crippen molar-refractivity contribution in [2.24, 2.45) is 5.92 Å². The van der Waals surface area contributed by atoms with Crippen LogP contribution in [0.4, 0.5) is 0 Å².